The van der Waals surface area contributed by atoms with Gasteiger partial charge in [-0.2, -0.15) is 0 Å². The van der Waals surface area contributed by atoms with Crippen LogP contribution in [-0.4, -0.2) is 131 Å². The van der Waals surface area contributed by atoms with Crippen LogP contribution < -0.4 is 63.9 Å². The number of nitrogens with zero attached hydrogens (tertiary/aromatic N) is 1. The van der Waals surface area contributed by atoms with Gasteiger partial charge in [-0.25, -0.2) is 16.8 Å². The average Bonchev–Trinajstić information content (AvgIpc) is 2.86. The van der Waals surface area contributed by atoms with Crippen LogP contribution in [0.2, 0.25) is 0 Å². The van der Waals surface area contributed by atoms with E-state index in [1.165, 1.54) is 0 Å². The Labute approximate surface area is 282 Å². The van der Waals surface area contributed by atoms with Crippen LogP contribution in [0.4, 0.5) is 5.69 Å². The van der Waals surface area contributed by atoms with Crippen LogP contribution >= 0.6 is 0 Å². The molecule has 5 N–H and O–H groups in total. The third-order valence-corrected chi connectivity index (χ3v) is 6.54. The fourth-order valence-electron chi connectivity index (χ4n) is 3.81. The van der Waals surface area contributed by atoms with Gasteiger partial charge < -0.3 is 53.6 Å². The topological polar surface area (TPSA) is 314 Å². The van der Waals surface area contributed by atoms with Gasteiger partial charge in [-0.1, -0.05) is 0 Å². The van der Waals surface area contributed by atoms with Gasteiger partial charge in [0, 0.05) is 12.1 Å². The van der Waals surface area contributed by atoms with Crippen molar-refractivity contribution in [2.24, 2.45) is 0 Å². The van der Waals surface area contributed by atoms with Gasteiger partial charge in [-0.15, -0.1) is 0 Å². The Morgan fingerprint density at radius 1 is 0.810 bits per heavy atom. The Balaban J connectivity index is 0.00000441. The van der Waals surface area contributed by atoms with E-state index in [-0.39, 0.29) is 70.6 Å². The quantitative estimate of drug-likeness (QED) is 0.0481. The molecule has 2 aliphatic rings. The molecule has 2 fully saturated rings. The Hall–Kier alpha value is -0.160. The molecule has 0 bridgehead atoms. The van der Waals surface area contributed by atoms with Gasteiger partial charge in [0.2, 0.25) is 27.1 Å². The third kappa shape index (κ3) is 10.7. The van der Waals surface area contributed by atoms with Gasteiger partial charge in [0.1, 0.15) is 54.6 Å². The molecule has 1 aromatic rings. The Bertz CT molecular complexity index is 1240. The summed E-state index contributed by atoms with van der Waals surface area (Å²) >= 11 is 0. The van der Waals surface area contributed by atoms with Crippen LogP contribution in [0, 0.1) is 10.1 Å². The minimum absolute atomic E-state index is 0. The van der Waals surface area contributed by atoms with Gasteiger partial charge >= 0.3 is 59.1 Å². The molecule has 2 aliphatic heterocycles. The Kier molecular flexibility index (Phi) is 15.6. The number of nitro groups is 1. The number of non-ortho nitro benzene ring substituents is 1. The number of hydrogen-bond donors (Lipinski definition) is 5. The van der Waals surface area contributed by atoms with E-state index >= 15 is 0 Å². The molecule has 0 amide bonds. The van der Waals surface area contributed by atoms with Crippen LogP contribution in [-0.2, 0) is 43.4 Å². The molecule has 2 heterocycles. The van der Waals surface area contributed by atoms with Crippen molar-refractivity contribution in [3.8, 4) is 5.75 Å². The number of ether oxygens (including phenoxy) is 4. The zero-order valence-corrected chi connectivity index (χ0v) is 27.3. The molecule has 10 atom stereocenters. The van der Waals surface area contributed by atoms with Gasteiger partial charge in [0.25, 0.3) is 5.69 Å². The molecule has 0 aromatic heterocycles. The fraction of sp³-hybridized carbons (Fsp3) is 0.667. The maximum atomic E-state index is 11.1. The predicted octanol–water partition coefficient (Wildman–Crippen LogP) is -10.4. The van der Waals surface area contributed by atoms with Gasteiger partial charge in [-0.05, 0) is 12.1 Å². The average molecular weight is 667 g/mol. The van der Waals surface area contributed by atoms with Crippen LogP contribution in [0.25, 0.3) is 0 Å². The van der Waals surface area contributed by atoms with Gasteiger partial charge in [-0.3, -0.25) is 18.5 Å². The number of nitro benzene ring substituents is 1. The summed E-state index contributed by atoms with van der Waals surface area (Å²) in [7, 11) is -11.0. The molecular formula is C18H23NNa2O19S2. The molecular weight excluding hydrogens is 644 g/mol. The predicted molar refractivity (Wildman–Crippen MR) is 117 cm³/mol. The van der Waals surface area contributed by atoms with E-state index < -0.39 is 100 Å². The van der Waals surface area contributed by atoms with E-state index in [2.05, 4.69) is 8.37 Å². The van der Waals surface area contributed by atoms with Gasteiger partial charge in [0.15, 0.2) is 6.29 Å². The van der Waals surface area contributed by atoms with Crippen molar-refractivity contribution in [3.63, 3.8) is 0 Å². The van der Waals surface area contributed by atoms with E-state index in [0.717, 1.165) is 24.3 Å². The van der Waals surface area contributed by atoms with Gasteiger partial charge in [0.05, 0.1) is 18.1 Å². The number of aliphatic hydroxyl groups is 5. The second-order valence-electron chi connectivity index (χ2n) is 8.36. The Morgan fingerprint density at radius 2 is 1.38 bits per heavy atom. The molecule has 24 heteroatoms. The maximum absolute atomic E-state index is 11.1. The molecule has 0 saturated carbocycles. The summed E-state index contributed by atoms with van der Waals surface area (Å²) in [6.07, 6.45) is -20.1. The minimum atomic E-state index is -5.60. The molecule has 0 spiro atoms. The van der Waals surface area contributed by atoms with Crippen molar-refractivity contribution in [3.05, 3.63) is 34.4 Å². The fourth-order valence-corrected chi connectivity index (χ4v) is 4.61. The summed E-state index contributed by atoms with van der Waals surface area (Å²) in [6.45, 7) is -2.20. The van der Waals surface area contributed by atoms with E-state index in [1.54, 1.807) is 0 Å². The number of aliphatic hydroxyl groups excluding tert-OH is 5. The van der Waals surface area contributed by atoms with Crippen molar-refractivity contribution in [1.29, 1.82) is 0 Å². The number of benzene rings is 1. The van der Waals surface area contributed by atoms with Crippen molar-refractivity contribution in [1.82, 2.24) is 0 Å². The zero-order valence-electron chi connectivity index (χ0n) is 21.7. The zero-order chi connectivity index (χ0) is 30.0. The van der Waals surface area contributed by atoms with Crippen LogP contribution in [0.15, 0.2) is 24.3 Å². The first-order valence-electron chi connectivity index (χ1n) is 11.0. The molecule has 0 unspecified atom stereocenters. The summed E-state index contributed by atoms with van der Waals surface area (Å²) in [5, 5.41) is 62.5. The SMILES string of the molecule is O=[N+]([O-])c1ccc(O[C@@H]2O[C@H](CO)[C@@H](O[C@@H]3O[C@H](COS(=O)(=O)[O-])[C@H](O)[C@H](OS(=O)(=O)[O-])[C@H]3O)[C@H](O)[C@H]2O)cc1.[Na+].[Na+]. The first-order chi connectivity index (χ1) is 18.5. The normalized spacial score (nSPS) is 33.6. The summed E-state index contributed by atoms with van der Waals surface area (Å²) in [5.74, 6) is -0.0482. The van der Waals surface area contributed by atoms with Crippen molar-refractivity contribution < 1.29 is 143 Å². The molecule has 228 valence electrons. The molecule has 42 heavy (non-hydrogen) atoms. The largest absolute Gasteiger partial charge is 1.00 e. The first kappa shape index (κ1) is 39.9. The van der Waals surface area contributed by atoms with E-state index in [1.807, 2.05) is 0 Å². The van der Waals surface area contributed by atoms with E-state index in [0.29, 0.717) is 0 Å². The second-order valence-corrected chi connectivity index (χ2v) is 10.4. The maximum Gasteiger partial charge on any atom is 1.00 e. The summed E-state index contributed by atoms with van der Waals surface area (Å²) in [5.41, 5.74) is -0.279. The van der Waals surface area contributed by atoms with E-state index in [4.69, 9.17) is 18.9 Å². The minimum Gasteiger partial charge on any atom is -0.726 e. The Morgan fingerprint density at radius 3 is 1.88 bits per heavy atom. The third-order valence-electron chi connectivity index (χ3n) is 5.66. The van der Waals surface area contributed by atoms with E-state index in [9.17, 15) is 61.6 Å². The van der Waals surface area contributed by atoms with Crippen molar-refractivity contribution in [2.75, 3.05) is 13.2 Å². The monoisotopic (exact) mass is 667 g/mol. The molecule has 0 aliphatic carbocycles. The molecule has 2 saturated heterocycles. The van der Waals surface area contributed by atoms with Crippen molar-refractivity contribution >= 4 is 26.5 Å². The smallest absolute Gasteiger partial charge is 0.726 e. The number of hydrogen-bond acceptors (Lipinski definition) is 19. The first-order valence-corrected chi connectivity index (χ1v) is 13.6. The molecule has 1 aromatic carbocycles. The molecule has 0 radical (unpaired) electrons. The van der Waals surface area contributed by atoms with Crippen LogP contribution in [0.3, 0.4) is 0 Å². The molecule has 3 rings (SSSR count). The summed E-state index contributed by atoms with van der Waals surface area (Å²) in [6, 6.07) is 4.46. The second kappa shape index (κ2) is 16.4. The number of rotatable bonds is 11. The van der Waals surface area contributed by atoms with Crippen LogP contribution in [0.5, 0.6) is 5.75 Å². The molecule has 20 nitrogen and oxygen atoms in total. The van der Waals surface area contributed by atoms with Crippen LogP contribution in [0.1, 0.15) is 0 Å². The van der Waals surface area contributed by atoms with Crippen molar-refractivity contribution in [2.45, 2.75) is 61.4 Å². The summed E-state index contributed by atoms with van der Waals surface area (Å²) in [4.78, 5) is 10.1. The summed E-state index contributed by atoms with van der Waals surface area (Å²) < 4.78 is 95.1. The standard InChI is InChI=1S/C18H25NO19S2.2Na/c20-5-9-15(12(22)13(23)17(35-9)34-8-3-1-7(2-4-8)19(25)26)37-18-14(24)16(38-40(30,31)32)11(21)10(36-18)6-33-39(27,28)29;;/h1-4,9-18,20-24H,5-6H2,(H,27,28,29)(H,30,31,32);;/q;2*+1/p-2/t9-,10-,11+,12-,13-,14-,15-,16+,17-,18+;;/m1../s1.